The van der Waals surface area contributed by atoms with Crippen LogP contribution in [0.25, 0.3) is 0 Å². The Balaban J connectivity index is 1.86. The van der Waals surface area contributed by atoms with Gasteiger partial charge in [-0.3, -0.25) is 0 Å². The maximum atomic E-state index is 11.8. The zero-order valence-corrected chi connectivity index (χ0v) is 13.3. The van der Waals surface area contributed by atoms with Crippen molar-refractivity contribution < 1.29 is 13.5 Å². The summed E-state index contributed by atoms with van der Waals surface area (Å²) in [6.07, 6.45) is 5.04. The van der Waals surface area contributed by atoms with E-state index in [1.165, 1.54) is 6.26 Å². The summed E-state index contributed by atoms with van der Waals surface area (Å²) in [6.45, 7) is 0.436. The molecule has 5 heteroatoms. The second-order valence-corrected chi connectivity index (χ2v) is 8.28. The van der Waals surface area contributed by atoms with Crippen molar-refractivity contribution in [2.24, 2.45) is 0 Å². The van der Waals surface area contributed by atoms with Gasteiger partial charge in [0.15, 0.2) is 9.84 Å². The van der Waals surface area contributed by atoms with Crippen LogP contribution in [0.15, 0.2) is 30.3 Å². The minimum Gasteiger partial charge on any atom is -0.391 e. The van der Waals surface area contributed by atoms with Crippen LogP contribution in [0.4, 0.5) is 0 Å². The zero-order valence-electron chi connectivity index (χ0n) is 12.5. The fraction of sp³-hybridized carbons (Fsp3) is 0.625. The molecular weight excluding hydrogens is 286 g/mol. The van der Waals surface area contributed by atoms with Crippen LogP contribution in [-0.4, -0.2) is 43.7 Å². The highest BCUT2D eigenvalue weighted by molar-refractivity contribution is 7.91. The molecule has 4 nitrogen and oxygen atoms in total. The van der Waals surface area contributed by atoms with Crippen LogP contribution in [0.5, 0.6) is 0 Å². The van der Waals surface area contributed by atoms with Crippen LogP contribution < -0.4 is 5.32 Å². The molecule has 0 radical (unpaired) electrons. The third-order valence-electron chi connectivity index (χ3n) is 4.18. The number of rotatable bonds is 6. The Morgan fingerprint density at radius 2 is 1.90 bits per heavy atom. The molecule has 1 saturated carbocycles. The average Bonchev–Trinajstić information content (AvgIpc) is 2.45. The molecule has 118 valence electrons. The molecule has 0 bridgehead atoms. The van der Waals surface area contributed by atoms with Gasteiger partial charge in [-0.2, -0.15) is 0 Å². The van der Waals surface area contributed by atoms with E-state index in [-0.39, 0.29) is 11.3 Å². The fourth-order valence-corrected chi connectivity index (χ4v) is 4.51. The van der Waals surface area contributed by atoms with E-state index in [2.05, 4.69) is 5.32 Å². The standard InChI is InChI=1S/C16H25NO3S/c1-21(19,20)16-10-6-5-9-15(16)17-12-14(18)11-13-7-3-2-4-8-13/h2-4,7-8,14-18H,5-6,9-12H2,1H3. The van der Waals surface area contributed by atoms with Crippen LogP contribution in [0.3, 0.4) is 0 Å². The summed E-state index contributed by atoms with van der Waals surface area (Å²) >= 11 is 0. The van der Waals surface area contributed by atoms with Gasteiger partial charge in [-0.25, -0.2) is 8.42 Å². The van der Waals surface area contributed by atoms with E-state index in [1.54, 1.807) is 0 Å². The van der Waals surface area contributed by atoms with Crippen molar-refractivity contribution in [3.05, 3.63) is 35.9 Å². The predicted octanol–water partition coefficient (Wildman–Crippen LogP) is 1.54. The van der Waals surface area contributed by atoms with E-state index in [4.69, 9.17) is 0 Å². The van der Waals surface area contributed by atoms with Crippen molar-refractivity contribution in [1.29, 1.82) is 0 Å². The molecule has 1 fully saturated rings. The first-order valence-corrected chi connectivity index (χ1v) is 9.56. The lowest BCUT2D eigenvalue weighted by molar-refractivity contribution is 0.163. The quantitative estimate of drug-likeness (QED) is 0.836. The molecule has 0 aromatic heterocycles. The minimum atomic E-state index is -3.03. The third kappa shape index (κ3) is 5.09. The van der Waals surface area contributed by atoms with Gasteiger partial charge in [-0.05, 0) is 24.8 Å². The molecule has 0 amide bonds. The van der Waals surface area contributed by atoms with Crippen LogP contribution in [0.1, 0.15) is 31.2 Å². The molecule has 2 rings (SSSR count). The van der Waals surface area contributed by atoms with Gasteiger partial charge in [0.2, 0.25) is 0 Å². The molecular formula is C16H25NO3S. The Morgan fingerprint density at radius 1 is 1.24 bits per heavy atom. The van der Waals surface area contributed by atoms with Crippen molar-refractivity contribution in [1.82, 2.24) is 5.32 Å². The van der Waals surface area contributed by atoms with Crippen molar-refractivity contribution in [3.63, 3.8) is 0 Å². The smallest absolute Gasteiger partial charge is 0.151 e. The van der Waals surface area contributed by atoms with Crippen molar-refractivity contribution >= 4 is 9.84 Å². The zero-order chi connectivity index (χ0) is 15.3. The average molecular weight is 311 g/mol. The first-order chi connectivity index (χ1) is 9.97. The highest BCUT2D eigenvalue weighted by Crippen LogP contribution is 2.24. The molecule has 3 unspecified atom stereocenters. The van der Waals surface area contributed by atoms with E-state index in [0.717, 1.165) is 31.2 Å². The number of hydrogen-bond acceptors (Lipinski definition) is 4. The maximum Gasteiger partial charge on any atom is 0.151 e. The van der Waals surface area contributed by atoms with Crippen LogP contribution in [0.2, 0.25) is 0 Å². The summed E-state index contributed by atoms with van der Waals surface area (Å²) < 4.78 is 23.7. The van der Waals surface area contributed by atoms with E-state index in [1.807, 2.05) is 30.3 Å². The number of hydrogen-bond donors (Lipinski definition) is 2. The summed E-state index contributed by atoms with van der Waals surface area (Å²) in [5.41, 5.74) is 1.09. The maximum absolute atomic E-state index is 11.8. The molecule has 0 spiro atoms. The second kappa shape index (κ2) is 7.38. The number of aliphatic hydroxyl groups is 1. The lowest BCUT2D eigenvalue weighted by Gasteiger charge is -2.31. The lowest BCUT2D eigenvalue weighted by atomic mass is 9.94. The van der Waals surface area contributed by atoms with Gasteiger partial charge >= 0.3 is 0 Å². The van der Waals surface area contributed by atoms with Gasteiger partial charge in [0.05, 0.1) is 11.4 Å². The molecule has 1 aliphatic rings. The molecule has 0 saturated heterocycles. The summed E-state index contributed by atoms with van der Waals surface area (Å²) in [7, 11) is -3.03. The Hall–Kier alpha value is -0.910. The van der Waals surface area contributed by atoms with Crippen molar-refractivity contribution in [3.8, 4) is 0 Å². The van der Waals surface area contributed by atoms with E-state index >= 15 is 0 Å². The number of aliphatic hydroxyl groups excluding tert-OH is 1. The molecule has 1 aliphatic carbocycles. The Morgan fingerprint density at radius 3 is 2.57 bits per heavy atom. The first-order valence-electron chi connectivity index (χ1n) is 7.61. The van der Waals surface area contributed by atoms with Gasteiger partial charge in [-0.1, -0.05) is 43.2 Å². The number of sulfone groups is 1. The summed E-state index contributed by atoms with van der Waals surface area (Å²) in [5.74, 6) is 0. The predicted molar refractivity (Wildman–Crippen MR) is 85.0 cm³/mol. The molecule has 1 aromatic carbocycles. The molecule has 2 N–H and O–H groups in total. The van der Waals surface area contributed by atoms with Crippen molar-refractivity contribution in [2.45, 2.75) is 49.5 Å². The van der Waals surface area contributed by atoms with Gasteiger partial charge in [0.25, 0.3) is 0 Å². The largest absolute Gasteiger partial charge is 0.391 e. The molecule has 1 aromatic rings. The monoisotopic (exact) mass is 311 g/mol. The SMILES string of the molecule is CS(=O)(=O)C1CCCCC1NCC(O)Cc1ccccc1. The summed E-state index contributed by atoms with van der Waals surface area (Å²) in [6, 6.07) is 9.81. The van der Waals surface area contributed by atoms with Crippen LogP contribution >= 0.6 is 0 Å². The van der Waals surface area contributed by atoms with Crippen LogP contribution in [0, 0.1) is 0 Å². The minimum absolute atomic E-state index is 0.0285. The molecule has 0 aliphatic heterocycles. The van der Waals surface area contributed by atoms with E-state index in [0.29, 0.717) is 13.0 Å². The van der Waals surface area contributed by atoms with Gasteiger partial charge in [-0.15, -0.1) is 0 Å². The fourth-order valence-electron chi connectivity index (χ4n) is 3.09. The van der Waals surface area contributed by atoms with Crippen molar-refractivity contribution in [2.75, 3.05) is 12.8 Å². The van der Waals surface area contributed by atoms with Gasteiger partial charge < -0.3 is 10.4 Å². The van der Waals surface area contributed by atoms with E-state index in [9.17, 15) is 13.5 Å². The Bertz CT molecular complexity index is 530. The summed E-state index contributed by atoms with van der Waals surface area (Å²) in [5, 5.41) is 13.1. The van der Waals surface area contributed by atoms with Crippen LogP contribution in [-0.2, 0) is 16.3 Å². The second-order valence-electron chi connectivity index (χ2n) is 6.01. The number of nitrogens with one attached hydrogen (secondary N) is 1. The first kappa shape index (κ1) is 16.5. The third-order valence-corrected chi connectivity index (χ3v) is 5.85. The highest BCUT2D eigenvalue weighted by atomic mass is 32.2. The molecule has 0 heterocycles. The molecule has 21 heavy (non-hydrogen) atoms. The van der Waals surface area contributed by atoms with Gasteiger partial charge in [0, 0.05) is 18.8 Å². The number of benzene rings is 1. The van der Waals surface area contributed by atoms with E-state index < -0.39 is 15.9 Å². The lowest BCUT2D eigenvalue weighted by Crippen LogP contribution is -2.48. The normalized spacial score (nSPS) is 24.7. The summed E-state index contributed by atoms with van der Waals surface area (Å²) in [4.78, 5) is 0. The topological polar surface area (TPSA) is 66.4 Å². The Kier molecular flexibility index (Phi) is 5.79. The highest BCUT2D eigenvalue weighted by Gasteiger charge is 2.32. The van der Waals surface area contributed by atoms with Gasteiger partial charge in [0.1, 0.15) is 0 Å². The Labute approximate surface area is 127 Å². The molecule has 3 atom stereocenters.